The summed E-state index contributed by atoms with van der Waals surface area (Å²) in [5, 5.41) is 15.7. The first-order valence-electron chi connectivity index (χ1n) is 9.05. The molecule has 0 aromatic rings. The van der Waals surface area contributed by atoms with Crippen LogP contribution in [0.25, 0.3) is 0 Å². The number of aliphatic hydroxyl groups is 1. The molecule has 22 heavy (non-hydrogen) atoms. The van der Waals surface area contributed by atoms with Gasteiger partial charge in [0.05, 0.1) is 0 Å². The molecule has 2 bridgehead atoms. The maximum absolute atomic E-state index is 12.1. The number of likely N-dealkylation sites (tertiary alicyclic amines) is 1. The van der Waals surface area contributed by atoms with Gasteiger partial charge in [-0.2, -0.15) is 0 Å². The van der Waals surface area contributed by atoms with Gasteiger partial charge in [0.1, 0.15) is 0 Å². The smallest absolute Gasteiger partial charge is 0.315 e. The van der Waals surface area contributed by atoms with E-state index in [2.05, 4.69) is 22.5 Å². The van der Waals surface area contributed by atoms with E-state index in [0.29, 0.717) is 18.4 Å². The van der Waals surface area contributed by atoms with Crippen molar-refractivity contribution in [1.82, 2.24) is 15.5 Å². The van der Waals surface area contributed by atoms with Crippen LogP contribution in [0.4, 0.5) is 4.79 Å². The fourth-order valence-corrected chi connectivity index (χ4v) is 4.92. The van der Waals surface area contributed by atoms with Crippen LogP contribution in [0.2, 0.25) is 0 Å². The fraction of sp³-hybridized carbons (Fsp3) is 0.941. The molecule has 0 spiro atoms. The molecule has 5 atom stereocenters. The zero-order valence-electron chi connectivity index (χ0n) is 13.8. The van der Waals surface area contributed by atoms with Crippen LogP contribution in [0.3, 0.4) is 0 Å². The maximum atomic E-state index is 12.1. The second-order valence-electron chi connectivity index (χ2n) is 7.65. The topological polar surface area (TPSA) is 64.6 Å². The number of nitrogens with zero attached hydrogens (tertiary/aromatic N) is 1. The minimum Gasteiger partial charge on any atom is -0.396 e. The molecular formula is C17H31N3O2. The van der Waals surface area contributed by atoms with Crippen LogP contribution >= 0.6 is 0 Å². The molecular weight excluding hydrogens is 278 g/mol. The van der Waals surface area contributed by atoms with Gasteiger partial charge in [0.2, 0.25) is 0 Å². The van der Waals surface area contributed by atoms with Crippen LogP contribution in [0, 0.1) is 23.7 Å². The van der Waals surface area contributed by atoms with Gasteiger partial charge in [-0.3, -0.25) is 0 Å². The number of urea groups is 1. The first kappa shape index (κ1) is 16.1. The van der Waals surface area contributed by atoms with E-state index in [-0.39, 0.29) is 24.6 Å². The van der Waals surface area contributed by atoms with Crippen molar-refractivity contribution in [3.8, 4) is 0 Å². The average Bonchev–Trinajstić information content (AvgIpc) is 3.08. The minimum absolute atomic E-state index is 0.0546. The largest absolute Gasteiger partial charge is 0.396 e. The lowest BCUT2D eigenvalue weighted by Crippen LogP contribution is -2.50. The van der Waals surface area contributed by atoms with Crippen LogP contribution in [0.15, 0.2) is 0 Å². The Labute approximate surface area is 133 Å². The standard InChI is InChI=1S/C17H31N3O2/c1-12-3-2-7-20(10-12)8-6-18-17(22)19-16-14-5-4-13(9-14)15(16)11-21/h12-16,21H,2-11H2,1H3,(H2,18,19,22). The van der Waals surface area contributed by atoms with Crippen molar-refractivity contribution < 1.29 is 9.90 Å². The molecule has 0 aromatic heterocycles. The first-order valence-corrected chi connectivity index (χ1v) is 9.05. The van der Waals surface area contributed by atoms with Gasteiger partial charge in [0, 0.05) is 38.2 Å². The monoisotopic (exact) mass is 309 g/mol. The lowest BCUT2D eigenvalue weighted by molar-refractivity contribution is 0.143. The Kier molecular flexibility index (Phi) is 5.24. The number of piperidine rings is 1. The van der Waals surface area contributed by atoms with Gasteiger partial charge in [-0.1, -0.05) is 6.92 Å². The molecule has 0 aromatic carbocycles. The van der Waals surface area contributed by atoms with Crippen LogP contribution in [0.1, 0.15) is 39.0 Å². The van der Waals surface area contributed by atoms with Crippen molar-refractivity contribution in [1.29, 1.82) is 0 Å². The Morgan fingerprint density at radius 2 is 2.09 bits per heavy atom. The van der Waals surface area contributed by atoms with Crippen molar-refractivity contribution >= 4 is 6.03 Å². The van der Waals surface area contributed by atoms with E-state index in [1.165, 1.54) is 32.1 Å². The molecule has 5 nitrogen and oxygen atoms in total. The van der Waals surface area contributed by atoms with Crippen LogP contribution in [0.5, 0.6) is 0 Å². The van der Waals surface area contributed by atoms with E-state index in [1.54, 1.807) is 0 Å². The van der Waals surface area contributed by atoms with Gasteiger partial charge in [-0.05, 0) is 56.4 Å². The molecule has 2 aliphatic carbocycles. The maximum Gasteiger partial charge on any atom is 0.315 e. The average molecular weight is 309 g/mol. The summed E-state index contributed by atoms with van der Waals surface area (Å²) < 4.78 is 0. The van der Waals surface area contributed by atoms with Crippen molar-refractivity contribution in [2.24, 2.45) is 23.7 Å². The highest BCUT2D eigenvalue weighted by atomic mass is 16.3. The second-order valence-corrected chi connectivity index (χ2v) is 7.65. The summed E-state index contributed by atoms with van der Waals surface area (Å²) in [7, 11) is 0. The predicted molar refractivity (Wildman–Crippen MR) is 86.6 cm³/mol. The summed E-state index contributed by atoms with van der Waals surface area (Å²) in [5.41, 5.74) is 0. The molecule has 1 aliphatic heterocycles. The van der Waals surface area contributed by atoms with Gasteiger partial charge >= 0.3 is 6.03 Å². The number of aliphatic hydroxyl groups excluding tert-OH is 1. The molecule has 5 heteroatoms. The summed E-state index contributed by atoms with van der Waals surface area (Å²) in [4.78, 5) is 14.6. The number of carbonyl (C=O) groups is 1. The number of rotatable bonds is 5. The molecule has 3 fully saturated rings. The Morgan fingerprint density at radius 1 is 1.27 bits per heavy atom. The summed E-state index contributed by atoms with van der Waals surface area (Å²) in [6.07, 6.45) is 6.22. The predicted octanol–water partition coefficient (Wildman–Crippen LogP) is 1.42. The van der Waals surface area contributed by atoms with Gasteiger partial charge in [0.25, 0.3) is 0 Å². The first-order chi connectivity index (χ1) is 10.7. The van der Waals surface area contributed by atoms with E-state index in [0.717, 1.165) is 25.6 Å². The molecule has 5 unspecified atom stereocenters. The molecule has 0 radical (unpaired) electrons. The van der Waals surface area contributed by atoms with Crippen molar-refractivity contribution in [3.63, 3.8) is 0 Å². The molecule has 3 rings (SSSR count). The number of hydrogen-bond donors (Lipinski definition) is 3. The van der Waals surface area contributed by atoms with Crippen molar-refractivity contribution in [2.45, 2.75) is 45.1 Å². The van der Waals surface area contributed by atoms with Crippen LogP contribution < -0.4 is 10.6 Å². The summed E-state index contributed by atoms with van der Waals surface area (Å²) >= 11 is 0. The number of nitrogens with one attached hydrogen (secondary N) is 2. The van der Waals surface area contributed by atoms with Gasteiger partial charge in [-0.15, -0.1) is 0 Å². The van der Waals surface area contributed by atoms with E-state index in [4.69, 9.17) is 0 Å². The normalized spacial score (nSPS) is 38.2. The minimum atomic E-state index is -0.0546. The lowest BCUT2D eigenvalue weighted by atomic mass is 9.85. The highest BCUT2D eigenvalue weighted by Crippen LogP contribution is 2.48. The summed E-state index contributed by atoms with van der Waals surface area (Å²) in [5.74, 6) is 2.25. The molecule has 2 amide bonds. The third-order valence-electron chi connectivity index (χ3n) is 6.05. The van der Waals surface area contributed by atoms with Gasteiger partial charge < -0.3 is 20.6 Å². The van der Waals surface area contributed by atoms with E-state index in [9.17, 15) is 9.90 Å². The molecule has 2 saturated carbocycles. The number of amides is 2. The Balaban J connectivity index is 1.37. The molecule has 1 saturated heterocycles. The zero-order chi connectivity index (χ0) is 15.5. The SMILES string of the molecule is CC1CCCN(CCNC(=O)NC2C3CCC(C3)C2CO)C1. The fourth-order valence-electron chi connectivity index (χ4n) is 4.92. The third-order valence-corrected chi connectivity index (χ3v) is 6.05. The van der Waals surface area contributed by atoms with E-state index < -0.39 is 0 Å². The Hall–Kier alpha value is -0.810. The van der Waals surface area contributed by atoms with E-state index >= 15 is 0 Å². The summed E-state index contributed by atoms with van der Waals surface area (Å²) in [6.45, 7) is 6.48. The Morgan fingerprint density at radius 3 is 2.86 bits per heavy atom. The highest BCUT2D eigenvalue weighted by molar-refractivity contribution is 5.74. The Bertz CT molecular complexity index is 390. The molecule has 3 aliphatic rings. The number of carbonyl (C=O) groups excluding carboxylic acids is 1. The van der Waals surface area contributed by atoms with Crippen molar-refractivity contribution in [3.05, 3.63) is 0 Å². The zero-order valence-corrected chi connectivity index (χ0v) is 13.8. The van der Waals surface area contributed by atoms with E-state index in [1.807, 2.05) is 0 Å². The van der Waals surface area contributed by atoms with Crippen LogP contribution in [-0.2, 0) is 0 Å². The molecule has 126 valence electrons. The number of hydrogen-bond acceptors (Lipinski definition) is 3. The van der Waals surface area contributed by atoms with Crippen molar-refractivity contribution in [2.75, 3.05) is 32.8 Å². The summed E-state index contributed by atoms with van der Waals surface area (Å²) in [6, 6.07) is 0.125. The highest BCUT2D eigenvalue weighted by Gasteiger charge is 2.47. The second kappa shape index (κ2) is 7.18. The third kappa shape index (κ3) is 3.57. The van der Waals surface area contributed by atoms with Gasteiger partial charge in [-0.25, -0.2) is 4.79 Å². The lowest BCUT2D eigenvalue weighted by Gasteiger charge is -2.32. The van der Waals surface area contributed by atoms with Crippen LogP contribution in [-0.4, -0.2) is 54.9 Å². The molecule has 1 heterocycles. The number of fused-ring (bicyclic) bond motifs is 2. The quantitative estimate of drug-likeness (QED) is 0.720. The molecule has 3 N–H and O–H groups in total. The van der Waals surface area contributed by atoms with Gasteiger partial charge in [0.15, 0.2) is 0 Å².